The number of hydrogen-bond donors (Lipinski definition) is 1. The Hall–Kier alpha value is -1.27. The van der Waals surface area contributed by atoms with E-state index in [1.165, 1.54) is 0 Å². The summed E-state index contributed by atoms with van der Waals surface area (Å²) in [5.41, 5.74) is 7.80. The molecule has 0 aliphatic rings. The highest BCUT2D eigenvalue weighted by molar-refractivity contribution is 5.38. The maximum Gasteiger partial charge on any atom is 0.0806 e. The highest BCUT2D eigenvalue weighted by Crippen LogP contribution is 2.15. The molecule has 82 valence electrons. The molecule has 15 heavy (non-hydrogen) atoms. The van der Waals surface area contributed by atoms with Crippen LogP contribution >= 0.6 is 0 Å². The Morgan fingerprint density at radius 3 is 2.73 bits per heavy atom. The Kier molecular flexibility index (Phi) is 3.93. The SMILES string of the molecule is CCC(N)C#Cc1cn(C)nc1C(C)C. The van der Waals surface area contributed by atoms with Crippen LogP contribution in [0.2, 0.25) is 0 Å². The number of hydrogen-bond acceptors (Lipinski definition) is 2. The molecule has 1 aromatic rings. The summed E-state index contributed by atoms with van der Waals surface area (Å²) in [6.45, 7) is 6.27. The van der Waals surface area contributed by atoms with E-state index < -0.39 is 0 Å². The van der Waals surface area contributed by atoms with Gasteiger partial charge in [-0.2, -0.15) is 5.10 Å². The lowest BCUT2D eigenvalue weighted by molar-refractivity contribution is 0.712. The van der Waals surface area contributed by atoms with Crippen molar-refractivity contribution in [3.05, 3.63) is 17.5 Å². The average Bonchev–Trinajstić information content (AvgIpc) is 2.56. The summed E-state index contributed by atoms with van der Waals surface area (Å²) in [5, 5.41) is 4.39. The lowest BCUT2D eigenvalue weighted by Gasteiger charge is -2.00. The molecule has 0 saturated heterocycles. The van der Waals surface area contributed by atoms with E-state index in [0.717, 1.165) is 17.7 Å². The van der Waals surface area contributed by atoms with E-state index >= 15 is 0 Å². The Labute approximate surface area is 91.7 Å². The van der Waals surface area contributed by atoms with Crippen LogP contribution in [0.4, 0.5) is 0 Å². The summed E-state index contributed by atoms with van der Waals surface area (Å²) in [7, 11) is 1.91. The third-order valence-electron chi connectivity index (χ3n) is 2.24. The molecule has 0 bridgehead atoms. The molecule has 0 aliphatic heterocycles. The van der Waals surface area contributed by atoms with Crippen molar-refractivity contribution in [2.75, 3.05) is 0 Å². The minimum absolute atomic E-state index is 0.0368. The van der Waals surface area contributed by atoms with Crippen molar-refractivity contribution in [2.24, 2.45) is 12.8 Å². The zero-order valence-electron chi connectivity index (χ0n) is 9.91. The summed E-state index contributed by atoms with van der Waals surface area (Å²) in [5.74, 6) is 6.54. The maximum atomic E-state index is 5.75. The Morgan fingerprint density at radius 2 is 2.20 bits per heavy atom. The van der Waals surface area contributed by atoms with Crippen molar-refractivity contribution in [1.82, 2.24) is 9.78 Å². The summed E-state index contributed by atoms with van der Waals surface area (Å²) in [4.78, 5) is 0. The van der Waals surface area contributed by atoms with Crippen molar-refractivity contribution >= 4 is 0 Å². The molecule has 0 radical (unpaired) electrons. The van der Waals surface area contributed by atoms with E-state index in [4.69, 9.17) is 5.73 Å². The predicted molar refractivity (Wildman–Crippen MR) is 62.4 cm³/mol. The van der Waals surface area contributed by atoms with Crippen molar-refractivity contribution in [1.29, 1.82) is 0 Å². The number of nitrogens with two attached hydrogens (primary N) is 1. The van der Waals surface area contributed by atoms with E-state index in [-0.39, 0.29) is 6.04 Å². The third-order valence-corrected chi connectivity index (χ3v) is 2.24. The quantitative estimate of drug-likeness (QED) is 0.746. The number of rotatable bonds is 2. The van der Waals surface area contributed by atoms with Gasteiger partial charge in [0.15, 0.2) is 0 Å². The molecule has 0 amide bonds. The van der Waals surface area contributed by atoms with Gasteiger partial charge in [-0.1, -0.05) is 32.6 Å². The monoisotopic (exact) mass is 205 g/mol. The normalized spacial score (nSPS) is 12.4. The molecule has 0 saturated carbocycles. The fourth-order valence-corrected chi connectivity index (χ4v) is 1.30. The van der Waals surface area contributed by atoms with Crippen LogP contribution in [-0.2, 0) is 7.05 Å². The first-order chi connectivity index (χ1) is 7.04. The maximum absolute atomic E-state index is 5.75. The lowest BCUT2D eigenvalue weighted by Crippen LogP contribution is -2.15. The van der Waals surface area contributed by atoms with Gasteiger partial charge in [0.25, 0.3) is 0 Å². The Balaban J connectivity index is 2.96. The summed E-state index contributed by atoms with van der Waals surface area (Å²) >= 11 is 0. The second-order valence-electron chi connectivity index (χ2n) is 4.04. The first-order valence-electron chi connectivity index (χ1n) is 5.35. The molecule has 1 atom stereocenters. The summed E-state index contributed by atoms with van der Waals surface area (Å²) in [6, 6.07) is -0.0368. The van der Waals surface area contributed by atoms with Crippen LogP contribution in [0.3, 0.4) is 0 Å². The van der Waals surface area contributed by atoms with E-state index in [1.54, 1.807) is 4.68 Å². The van der Waals surface area contributed by atoms with Crippen LogP contribution in [0.5, 0.6) is 0 Å². The van der Waals surface area contributed by atoms with Gasteiger partial charge in [0.1, 0.15) is 0 Å². The minimum atomic E-state index is -0.0368. The van der Waals surface area contributed by atoms with Gasteiger partial charge in [-0.3, -0.25) is 4.68 Å². The summed E-state index contributed by atoms with van der Waals surface area (Å²) < 4.78 is 1.80. The minimum Gasteiger partial charge on any atom is -0.318 e. The second-order valence-corrected chi connectivity index (χ2v) is 4.04. The van der Waals surface area contributed by atoms with E-state index in [2.05, 4.69) is 30.8 Å². The van der Waals surface area contributed by atoms with Gasteiger partial charge in [-0.05, 0) is 12.3 Å². The molecule has 3 nitrogen and oxygen atoms in total. The molecule has 1 heterocycles. The van der Waals surface area contributed by atoms with Gasteiger partial charge in [-0.15, -0.1) is 0 Å². The zero-order chi connectivity index (χ0) is 11.4. The van der Waals surface area contributed by atoms with E-state index in [9.17, 15) is 0 Å². The molecular formula is C12H19N3. The van der Waals surface area contributed by atoms with Gasteiger partial charge in [0.05, 0.1) is 17.3 Å². The highest BCUT2D eigenvalue weighted by Gasteiger charge is 2.09. The van der Waals surface area contributed by atoms with Crippen molar-refractivity contribution in [3.8, 4) is 11.8 Å². The van der Waals surface area contributed by atoms with Crippen molar-refractivity contribution in [2.45, 2.75) is 39.2 Å². The lowest BCUT2D eigenvalue weighted by atomic mass is 10.1. The van der Waals surface area contributed by atoms with Gasteiger partial charge >= 0.3 is 0 Å². The molecule has 1 rings (SSSR count). The fraction of sp³-hybridized carbons (Fsp3) is 0.583. The van der Waals surface area contributed by atoms with Crippen LogP contribution in [0, 0.1) is 11.8 Å². The predicted octanol–water partition coefficient (Wildman–Crippen LogP) is 1.63. The first kappa shape index (κ1) is 11.8. The number of aryl methyl sites for hydroxylation is 1. The van der Waals surface area contributed by atoms with Crippen molar-refractivity contribution < 1.29 is 0 Å². The molecule has 0 aromatic carbocycles. The highest BCUT2D eigenvalue weighted by atomic mass is 15.3. The second kappa shape index (κ2) is 4.99. The molecule has 0 fully saturated rings. The van der Waals surface area contributed by atoms with Gasteiger partial charge in [-0.25, -0.2) is 0 Å². The van der Waals surface area contributed by atoms with Crippen LogP contribution < -0.4 is 5.73 Å². The van der Waals surface area contributed by atoms with Crippen LogP contribution in [0.15, 0.2) is 6.20 Å². The van der Waals surface area contributed by atoms with Crippen LogP contribution in [-0.4, -0.2) is 15.8 Å². The standard InChI is InChI=1S/C12H19N3/c1-5-11(13)7-6-10-8-15(4)14-12(10)9(2)3/h8-9,11H,5,13H2,1-4H3. The van der Waals surface area contributed by atoms with E-state index in [0.29, 0.717) is 5.92 Å². The zero-order valence-corrected chi connectivity index (χ0v) is 9.91. The first-order valence-corrected chi connectivity index (χ1v) is 5.35. The largest absolute Gasteiger partial charge is 0.318 e. The van der Waals surface area contributed by atoms with Gasteiger partial charge in [0, 0.05) is 13.2 Å². The van der Waals surface area contributed by atoms with E-state index in [1.807, 2.05) is 20.2 Å². The topological polar surface area (TPSA) is 43.8 Å². The molecule has 0 aliphatic carbocycles. The molecular weight excluding hydrogens is 186 g/mol. The van der Waals surface area contributed by atoms with Crippen LogP contribution in [0.1, 0.15) is 44.4 Å². The molecule has 3 heteroatoms. The molecule has 0 spiro atoms. The fourth-order valence-electron chi connectivity index (χ4n) is 1.30. The number of nitrogens with zero attached hydrogens (tertiary/aromatic N) is 2. The number of aromatic nitrogens is 2. The molecule has 2 N–H and O–H groups in total. The van der Waals surface area contributed by atoms with Gasteiger partial charge in [0.2, 0.25) is 0 Å². The molecule has 1 unspecified atom stereocenters. The third kappa shape index (κ3) is 3.10. The average molecular weight is 205 g/mol. The smallest absolute Gasteiger partial charge is 0.0806 e. The van der Waals surface area contributed by atoms with Crippen molar-refractivity contribution in [3.63, 3.8) is 0 Å². The Morgan fingerprint density at radius 1 is 1.53 bits per heavy atom. The summed E-state index contributed by atoms with van der Waals surface area (Å²) in [6.07, 6.45) is 2.83. The van der Waals surface area contributed by atoms with Crippen LogP contribution in [0.25, 0.3) is 0 Å². The molecule has 1 aromatic heterocycles. The van der Waals surface area contributed by atoms with Gasteiger partial charge < -0.3 is 5.73 Å². The Bertz CT molecular complexity index is 379.